The van der Waals surface area contributed by atoms with Crippen LogP contribution in [-0.4, -0.2) is 23.6 Å². The molecule has 0 aromatic carbocycles. The molecule has 0 aliphatic carbocycles. The van der Waals surface area contributed by atoms with E-state index in [0.717, 1.165) is 12.0 Å². The van der Waals surface area contributed by atoms with Crippen LogP contribution in [0.2, 0.25) is 0 Å². The van der Waals surface area contributed by atoms with Gasteiger partial charge in [0.15, 0.2) is 0 Å². The van der Waals surface area contributed by atoms with Gasteiger partial charge in [0.1, 0.15) is 5.54 Å². The Balaban J connectivity index is 3.05. The average molecular weight is 250 g/mol. The number of hydrogen-bond acceptors (Lipinski definition) is 4. The first-order chi connectivity index (χ1) is 8.54. The number of nitrogens with zero attached hydrogens (tertiary/aromatic N) is 1. The minimum absolute atomic E-state index is 0.229. The number of aromatic nitrogens is 1. The van der Waals surface area contributed by atoms with E-state index in [0.29, 0.717) is 6.61 Å². The van der Waals surface area contributed by atoms with Gasteiger partial charge in [0.2, 0.25) is 0 Å². The van der Waals surface area contributed by atoms with Crippen LogP contribution in [0.1, 0.15) is 39.7 Å². The first-order valence-corrected chi connectivity index (χ1v) is 6.40. The van der Waals surface area contributed by atoms with Gasteiger partial charge >= 0.3 is 5.97 Å². The van der Waals surface area contributed by atoms with Crippen LogP contribution in [0.4, 0.5) is 0 Å². The van der Waals surface area contributed by atoms with Crippen LogP contribution in [0.3, 0.4) is 0 Å². The van der Waals surface area contributed by atoms with Crippen molar-refractivity contribution < 1.29 is 9.53 Å². The lowest BCUT2D eigenvalue weighted by Crippen LogP contribution is -2.51. The second-order valence-corrected chi connectivity index (χ2v) is 4.53. The van der Waals surface area contributed by atoms with Gasteiger partial charge in [0, 0.05) is 18.4 Å². The van der Waals surface area contributed by atoms with Crippen LogP contribution < -0.4 is 5.32 Å². The highest BCUT2D eigenvalue weighted by Gasteiger charge is 2.37. The third-order valence-electron chi connectivity index (χ3n) is 3.09. The Kier molecular flexibility index (Phi) is 5.28. The molecular weight excluding hydrogens is 228 g/mol. The summed E-state index contributed by atoms with van der Waals surface area (Å²) < 4.78 is 5.18. The highest BCUT2D eigenvalue weighted by Crippen LogP contribution is 2.23. The van der Waals surface area contributed by atoms with Gasteiger partial charge < -0.3 is 4.74 Å². The fourth-order valence-electron chi connectivity index (χ4n) is 1.82. The summed E-state index contributed by atoms with van der Waals surface area (Å²) in [5, 5.41) is 3.34. The Hall–Kier alpha value is -1.42. The van der Waals surface area contributed by atoms with Crippen molar-refractivity contribution in [3.63, 3.8) is 0 Å². The zero-order valence-corrected chi connectivity index (χ0v) is 11.6. The molecule has 4 heteroatoms. The van der Waals surface area contributed by atoms with Crippen LogP contribution in [0.15, 0.2) is 24.5 Å². The third kappa shape index (κ3) is 3.29. The molecule has 1 N–H and O–H groups in total. The maximum atomic E-state index is 12.2. The van der Waals surface area contributed by atoms with Gasteiger partial charge in [0.05, 0.1) is 6.61 Å². The van der Waals surface area contributed by atoms with E-state index in [9.17, 15) is 4.79 Å². The molecular formula is C14H22N2O2. The molecule has 1 rings (SSSR count). The molecule has 0 aliphatic rings. The summed E-state index contributed by atoms with van der Waals surface area (Å²) in [5.41, 5.74) is 0.0465. The molecule has 0 radical (unpaired) electrons. The molecule has 4 nitrogen and oxygen atoms in total. The fraction of sp³-hybridized carbons (Fsp3) is 0.571. The minimum atomic E-state index is -0.825. The standard InChI is InChI=1S/C14H22N2O2/c1-5-11(3)16-14(4,13(17)18-6-2)12-7-9-15-10-8-12/h7-11,16H,5-6H2,1-4H3. The van der Waals surface area contributed by atoms with Crippen LogP contribution in [0.25, 0.3) is 0 Å². The Morgan fingerprint density at radius 3 is 2.56 bits per heavy atom. The van der Waals surface area contributed by atoms with E-state index in [1.54, 1.807) is 12.4 Å². The first kappa shape index (κ1) is 14.6. The Bertz CT molecular complexity index is 381. The van der Waals surface area contributed by atoms with Crippen molar-refractivity contribution in [1.82, 2.24) is 10.3 Å². The van der Waals surface area contributed by atoms with Crippen molar-refractivity contribution in [2.75, 3.05) is 6.61 Å². The van der Waals surface area contributed by atoms with Gasteiger partial charge in [-0.15, -0.1) is 0 Å². The van der Waals surface area contributed by atoms with E-state index < -0.39 is 5.54 Å². The smallest absolute Gasteiger partial charge is 0.330 e. The number of hydrogen-bond donors (Lipinski definition) is 1. The predicted molar refractivity (Wildman–Crippen MR) is 71.1 cm³/mol. The van der Waals surface area contributed by atoms with Crippen molar-refractivity contribution in [3.05, 3.63) is 30.1 Å². The molecule has 0 fully saturated rings. The molecule has 0 saturated heterocycles. The number of rotatable bonds is 6. The molecule has 1 aromatic heterocycles. The normalized spacial score (nSPS) is 15.8. The molecule has 0 spiro atoms. The van der Waals surface area contributed by atoms with Crippen molar-refractivity contribution >= 4 is 5.97 Å². The lowest BCUT2D eigenvalue weighted by molar-refractivity contribution is -0.151. The zero-order valence-electron chi connectivity index (χ0n) is 11.6. The summed E-state index contributed by atoms with van der Waals surface area (Å²) >= 11 is 0. The maximum Gasteiger partial charge on any atom is 0.330 e. The highest BCUT2D eigenvalue weighted by molar-refractivity contribution is 5.82. The number of esters is 1. The molecule has 2 atom stereocenters. The second-order valence-electron chi connectivity index (χ2n) is 4.53. The minimum Gasteiger partial charge on any atom is -0.464 e. The molecule has 1 heterocycles. The highest BCUT2D eigenvalue weighted by atomic mass is 16.5. The number of nitrogens with one attached hydrogen (secondary N) is 1. The number of ether oxygens (including phenoxy) is 1. The van der Waals surface area contributed by atoms with Gasteiger partial charge in [-0.25, -0.2) is 4.79 Å². The van der Waals surface area contributed by atoms with E-state index in [2.05, 4.69) is 24.1 Å². The maximum absolute atomic E-state index is 12.2. The zero-order chi connectivity index (χ0) is 13.6. The molecule has 0 aliphatic heterocycles. The predicted octanol–water partition coefficient (Wildman–Crippen LogP) is 2.25. The first-order valence-electron chi connectivity index (χ1n) is 6.40. The van der Waals surface area contributed by atoms with Crippen molar-refractivity contribution in [2.24, 2.45) is 0 Å². The Labute approximate surface area is 109 Å². The van der Waals surface area contributed by atoms with E-state index in [4.69, 9.17) is 4.74 Å². The SMILES string of the molecule is CCOC(=O)C(C)(NC(C)CC)c1ccncc1. The summed E-state index contributed by atoms with van der Waals surface area (Å²) in [7, 11) is 0. The van der Waals surface area contributed by atoms with Gasteiger partial charge in [0.25, 0.3) is 0 Å². The van der Waals surface area contributed by atoms with Gasteiger partial charge in [-0.3, -0.25) is 10.3 Å². The monoisotopic (exact) mass is 250 g/mol. The van der Waals surface area contributed by atoms with Crippen LogP contribution >= 0.6 is 0 Å². The number of carbonyl (C=O) groups excluding carboxylic acids is 1. The van der Waals surface area contributed by atoms with E-state index >= 15 is 0 Å². The van der Waals surface area contributed by atoms with E-state index in [1.807, 2.05) is 26.0 Å². The summed E-state index contributed by atoms with van der Waals surface area (Å²) in [5.74, 6) is -0.253. The van der Waals surface area contributed by atoms with Crippen LogP contribution in [0.5, 0.6) is 0 Å². The number of pyridine rings is 1. The number of carbonyl (C=O) groups is 1. The molecule has 0 bridgehead atoms. The van der Waals surface area contributed by atoms with Crippen molar-refractivity contribution in [1.29, 1.82) is 0 Å². The Morgan fingerprint density at radius 2 is 2.06 bits per heavy atom. The summed E-state index contributed by atoms with van der Waals surface area (Å²) in [6.07, 6.45) is 4.32. The molecule has 2 unspecified atom stereocenters. The molecule has 18 heavy (non-hydrogen) atoms. The molecule has 0 saturated carbocycles. The Morgan fingerprint density at radius 1 is 1.44 bits per heavy atom. The largest absolute Gasteiger partial charge is 0.464 e. The second kappa shape index (κ2) is 6.50. The summed E-state index contributed by atoms with van der Waals surface area (Å²) in [4.78, 5) is 16.2. The molecule has 100 valence electrons. The van der Waals surface area contributed by atoms with Crippen molar-refractivity contribution in [3.8, 4) is 0 Å². The lowest BCUT2D eigenvalue weighted by atomic mass is 9.91. The summed E-state index contributed by atoms with van der Waals surface area (Å²) in [6.45, 7) is 8.18. The van der Waals surface area contributed by atoms with Gasteiger partial charge in [-0.05, 0) is 44.9 Å². The molecule has 1 aromatic rings. The van der Waals surface area contributed by atoms with Crippen LogP contribution in [0, 0.1) is 0 Å². The molecule has 0 amide bonds. The van der Waals surface area contributed by atoms with Gasteiger partial charge in [-0.1, -0.05) is 6.92 Å². The van der Waals surface area contributed by atoms with E-state index in [1.165, 1.54) is 0 Å². The average Bonchev–Trinajstić information content (AvgIpc) is 2.39. The topological polar surface area (TPSA) is 51.2 Å². The van der Waals surface area contributed by atoms with Gasteiger partial charge in [-0.2, -0.15) is 0 Å². The fourth-order valence-corrected chi connectivity index (χ4v) is 1.82. The van der Waals surface area contributed by atoms with E-state index in [-0.39, 0.29) is 12.0 Å². The van der Waals surface area contributed by atoms with Crippen LogP contribution in [-0.2, 0) is 15.1 Å². The third-order valence-corrected chi connectivity index (χ3v) is 3.09. The van der Waals surface area contributed by atoms with Crippen molar-refractivity contribution in [2.45, 2.75) is 45.7 Å². The summed E-state index contributed by atoms with van der Waals surface area (Å²) in [6, 6.07) is 3.91. The quantitative estimate of drug-likeness (QED) is 0.787. The lowest BCUT2D eigenvalue weighted by Gasteiger charge is -2.31.